The molecule has 1 aliphatic heterocycles. The van der Waals surface area contributed by atoms with Gasteiger partial charge in [0.05, 0.1) is 0 Å². The van der Waals surface area contributed by atoms with Gasteiger partial charge in [0.1, 0.15) is 11.2 Å². The highest BCUT2D eigenvalue weighted by atomic mass is 31.2. The topological polar surface area (TPSA) is 50.8 Å². The van der Waals surface area contributed by atoms with Gasteiger partial charge >= 0.3 is 17.9 Å². The highest BCUT2D eigenvalue weighted by Gasteiger charge is 2.84. The summed E-state index contributed by atoms with van der Waals surface area (Å²) in [5, 5.41) is -4.31. The van der Waals surface area contributed by atoms with Crippen molar-refractivity contribution in [3.8, 4) is 0 Å². The fourth-order valence-corrected chi connectivity index (χ4v) is 6.91. The summed E-state index contributed by atoms with van der Waals surface area (Å²) in [7, 11) is -8.60. The molecule has 0 amide bonds. The van der Waals surface area contributed by atoms with E-state index < -0.39 is 45.4 Å². The molecule has 1 aliphatic rings. The van der Waals surface area contributed by atoms with Crippen LogP contribution in [-0.2, 0) is 13.5 Å². The van der Waals surface area contributed by atoms with E-state index in [1.165, 1.54) is 47.3 Å². The molecule has 11 heteroatoms. The zero-order chi connectivity index (χ0) is 18.7. The van der Waals surface area contributed by atoms with Crippen LogP contribution in [0.1, 0.15) is 27.7 Å². The Morgan fingerprint density at radius 3 is 1.57 bits per heavy atom. The van der Waals surface area contributed by atoms with E-state index in [9.17, 15) is 26.8 Å². The average Bonchev–Trinajstić information content (AvgIpc) is 2.36. The first-order valence-electron chi connectivity index (χ1n) is 6.88. The lowest BCUT2D eigenvalue weighted by atomic mass is 9.90. The van der Waals surface area contributed by atoms with Gasteiger partial charge in [-0.2, -0.15) is 22.2 Å². The molecule has 0 aromatic carbocycles. The van der Waals surface area contributed by atoms with Gasteiger partial charge in [-0.3, -0.25) is 0 Å². The van der Waals surface area contributed by atoms with Gasteiger partial charge in [0, 0.05) is 0 Å². The fraction of sp³-hybridized carbons (Fsp3) is 1.00. The molecule has 1 atom stereocenters. The minimum absolute atomic E-state index is 1.29. The Morgan fingerprint density at radius 2 is 1.35 bits per heavy atom. The zero-order valence-electron chi connectivity index (χ0n) is 14.0. The van der Waals surface area contributed by atoms with Crippen molar-refractivity contribution < 1.29 is 40.3 Å². The molecule has 1 fully saturated rings. The van der Waals surface area contributed by atoms with Crippen molar-refractivity contribution >= 4 is 16.3 Å². The molecule has 138 valence electrons. The van der Waals surface area contributed by atoms with Gasteiger partial charge in [-0.1, -0.05) is 0 Å². The second-order valence-corrected chi connectivity index (χ2v) is 13.9. The molecule has 0 aromatic heterocycles. The van der Waals surface area contributed by atoms with E-state index in [0.29, 0.717) is 0 Å². The molecule has 0 aromatic rings. The number of alkyl halides is 5. The Kier molecular flexibility index (Phi) is 5.13. The Bertz CT molecular complexity index is 447. The number of halogens is 5. The third-order valence-corrected chi connectivity index (χ3v) is 7.57. The van der Waals surface area contributed by atoms with Gasteiger partial charge in [-0.15, -0.1) is 0 Å². The second kappa shape index (κ2) is 5.57. The number of hydrogen-bond donors (Lipinski definition) is 0. The molecule has 0 aliphatic carbocycles. The monoisotopic (exact) mass is 384 g/mol. The lowest BCUT2D eigenvalue weighted by Crippen LogP contribution is -2.61. The largest absolute Gasteiger partial charge is 0.629 e. The number of rotatable bonds is 4. The molecule has 0 saturated carbocycles. The van der Waals surface area contributed by atoms with Crippen LogP contribution in [0.3, 0.4) is 0 Å². The van der Waals surface area contributed by atoms with Crippen molar-refractivity contribution in [1.29, 1.82) is 0 Å². The summed E-state index contributed by atoms with van der Waals surface area (Å²) in [4.78, 5) is 12.9. The highest BCUT2D eigenvalue weighted by molar-refractivity contribution is 7.61. The van der Waals surface area contributed by atoms with Crippen LogP contribution >= 0.6 is 7.94 Å². The lowest BCUT2D eigenvalue weighted by molar-refractivity contribution is -0.302. The van der Waals surface area contributed by atoms with E-state index in [1.807, 2.05) is 0 Å². The first-order chi connectivity index (χ1) is 9.81. The van der Waals surface area contributed by atoms with E-state index in [1.54, 1.807) is 0 Å². The van der Waals surface area contributed by atoms with Crippen LogP contribution in [-0.4, -0.2) is 37.5 Å². The predicted molar refractivity (Wildman–Crippen MR) is 76.5 cm³/mol. The Labute approximate surface area is 134 Å². The Hall–Kier alpha value is 0.137. The maximum atomic E-state index is 13.6. The fourth-order valence-electron chi connectivity index (χ4n) is 2.00. The molecule has 1 rings (SSSR count). The SMILES string of the molecule is CC1(C)O[P+]([O-])(C(O[Si](C)(C)C)(C(F)F)C(F)(F)F)OC1(C)C. The molecule has 1 heterocycles. The van der Waals surface area contributed by atoms with E-state index in [2.05, 4.69) is 0 Å². The molecule has 1 saturated heterocycles. The standard InChI is InChI=1S/C12H22F5O4PSi/c1-9(2)10(3,4)20-22(18,19-9)11(8(13)14,12(15,16)17)21-23(5,6)7/h8H,1-7H3. The molecule has 0 radical (unpaired) electrons. The van der Waals surface area contributed by atoms with E-state index in [4.69, 9.17) is 13.5 Å². The maximum Gasteiger partial charge on any atom is 0.465 e. The second-order valence-electron chi connectivity index (χ2n) is 7.41. The van der Waals surface area contributed by atoms with Crippen molar-refractivity contribution in [3.63, 3.8) is 0 Å². The molecule has 4 nitrogen and oxygen atoms in total. The molecule has 23 heavy (non-hydrogen) atoms. The van der Waals surface area contributed by atoms with Crippen LogP contribution in [0.2, 0.25) is 19.6 Å². The molecule has 0 spiro atoms. The molecular formula is C12H22F5O4PSi. The summed E-state index contributed by atoms with van der Waals surface area (Å²) in [6.45, 7) is 9.17. The average molecular weight is 384 g/mol. The van der Waals surface area contributed by atoms with Crippen molar-refractivity contribution in [2.45, 2.75) is 76.5 Å². The summed E-state index contributed by atoms with van der Waals surface area (Å²) >= 11 is 0. The molecular weight excluding hydrogens is 362 g/mol. The van der Waals surface area contributed by atoms with E-state index >= 15 is 0 Å². The molecule has 0 N–H and O–H groups in total. The van der Waals surface area contributed by atoms with Crippen molar-refractivity contribution in [2.24, 2.45) is 0 Å². The van der Waals surface area contributed by atoms with E-state index in [0.717, 1.165) is 0 Å². The van der Waals surface area contributed by atoms with Crippen LogP contribution in [0.15, 0.2) is 0 Å². The van der Waals surface area contributed by atoms with Crippen molar-refractivity contribution in [2.75, 3.05) is 0 Å². The Balaban J connectivity index is 3.59. The van der Waals surface area contributed by atoms with Crippen molar-refractivity contribution in [1.82, 2.24) is 0 Å². The minimum Gasteiger partial charge on any atom is -0.629 e. The van der Waals surface area contributed by atoms with Gasteiger partial charge in [0.25, 0.3) is 7.94 Å². The van der Waals surface area contributed by atoms with Crippen LogP contribution in [0.4, 0.5) is 22.0 Å². The molecule has 0 bridgehead atoms. The van der Waals surface area contributed by atoms with Crippen LogP contribution < -0.4 is 4.89 Å². The van der Waals surface area contributed by atoms with Crippen LogP contribution in [0, 0.1) is 0 Å². The third kappa shape index (κ3) is 3.43. The quantitative estimate of drug-likeness (QED) is 0.416. The summed E-state index contributed by atoms with van der Waals surface area (Å²) < 4.78 is 82.9. The van der Waals surface area contributed by atoms with Crippen molar-refractivity contribution in [3.05, 3.63) is 0 Å². The van der Waals surface area contributed by atoms with Gasteiger partial charge < -0.3 is 9.32 Å². The Morgan fingerprint density at radius 1 is 1.00 bits per heavy atom. The predicted octanol–water partition coefficient (Wildman–Crippen LogP) is 4.09. The first kappa shape index (κ1) is 21.2. The summed E-state index contributed by atoms with van der Waals surface area (Å²) in [5.74, 6) is 0. The lowest BCUT2D eigenvalue weighted by Gasteiger charge is -2.44. The van der Waals surface area contributed by atoms with E-state index in [-0.39, 0.29) is 0 Å². The van der Waals surface area contributed by atoms with Crippen LogP contribution in [0.25, 0.3) is 0 Å². The normalized spacial score (nSPS) is 26.3. The van der Waals surface area contributed by atoms with Gasteiger partial charge in [0.15, 0.2) is 8.32 Å². The summed E-state index contributed by atoms with van der Waals surface area (Å²) in [6, 6.07) is 0. The molecule has 1 unspecified atom stereocenters. The maximum absolute atomic E-state index is 13.6. The summed E-state index contributed by atoms with van der Waals surface area (Å²) in [6.07, 6.45) is -9.78. The number of hydrogen-bond acceptors (Lipinski definition) is 4. The highest BCUT2D eigenvalue weighted by Crippen LogP contribution is 2.78. The smallest absolute Gasteiger partial charge is 0.465 e. The van der Waals surface area contributed by atoms with Gasteiger partial charge in [-0.25, -0.2) is 8.78 Å². The zero-order valence-corrected chi connectivity index (χ0v) is 15.9. The van der Waals surface area contributed by atoms with Gasteiger partial charge in [-0.05, 0) is 47.3 Å². The third-order valence-electron chi connectivity index (χ3n) is 3.72. The first-order valence-corrected chi connectivity index (χ1v) is 11.8. The van der Waals surface area contributed by atoms with Crippen LogP contribution in [0.5, 0.6) is 0 Å². The summed E-state index contributed by atoms with van der Waals surface area (Å²) in [5.41, 5.74) is -2.95. The minimum atomic E-state index is -5.65. The van der Waals surface area contributed by atoms with Gasteiger partial charge in [0.2, 0.25) is 0 Å².